The summed E-state index contributed by atoms with van der Waals surface area (Å²) in [6, 6.07) is 7.75. The summed E-state index contributed by atoms with van der Waals surface area (Å²) >= 11 is 0. The van der Waals surface area contributed by atoms with Crippen molar-refractivity contribution in [1.82, 2.24) is 0 Å². The monoisotopic (exact) mass is 265 g/mol. The maximum absolute atomic E-state index is 10.8. The molecule has 7 nitrogen and oxygen atoms in total. The van der Waals surface area contributed by atoms with Crippen molar-refractivity contribution in [3.63, 3.8) is 0 Å². The fourth-order valence-corrected chi connectivity index (χ4v) is 1.16. The molecule has 0 spiro atoms. The molecule has 98 valence electrons. The lowest BCUT2D eigenvalue weighted by Gasteiger charge is -1.93. The number of rotatable bonds is 0. The van der Waals surface area contributed by atoms with E-state index in [1.54, 1.807) is 0 Å². The molecule has 0 saturated carbocycles. The van der Waals surface area contributed by atoms with Crippen LogP contribution in [0.15, 0.2) is 24.3 Å². The topological polar surface area (TPSA) is 146 Å². The summed E-state index contributed by atoms with van der Waals surface area (Å²) < 4.78 is 25.9. The zero-order valence-electron chi connectivity index (χ0n) is 9.10. The molecular weight excluding hydrogens is 250 g/mol. The molecule has 0 fully saturated rings. The molecule has 1 aliphatic heterocycles. The second-order valence-corrected chi connectivity index (χ2v) is 4.58. The molecule has 0 atom stereocenters. The molecule has 0 radical (unpaired) electrons. The minimum absolute atomic E-state index is 0. The number of benzene rings is 1. The smallest absolute Gasteiger partial charge is 0.261 e. The second kappa shape index (κ2) is 6.97. The first kappa shape index (κ1) is 17.9. The van der Waals surface area contributed by atoms with Gasteiger partial charge >= 0.3 is 0 Å². The number of fused-ring (bicyclic) bond motifs is 1. The maximum atomic E-state index is 10.8. The van der Waals surface area contributed by atoms with Crippen LogP contribution in [0.25, 0.3) is 0 Å². The molecule has 1 aliphatic rings. The van der Waals surface area contributed by atoms with Crippen molar-refractivity contribution in [1.29, 1.82) is 0 Å². The van der Waals surface area contributed by atoms with Crippen molar-refractivity contribution >= 4 is 21.7 Å². The zero-order chi connectivity index (χ0) is 11.5. The Morgan fingerprint density at radius 3 is 2.18 bits per heavy atom. The van der Waals surface area contributed by atoms with E-state index in [-0.39, 0.29) is 16.9 Å². The molecule has 1 amide bonds. The molecule has 0 aliphatic carbocycles. The van der Waals surface area contributed by atoms with Gasteiger partial charge in [-0.1, -0.05) is 18.2 Å². The maximum Gasteiger partial charge on any atom is 0.261 e. The molecule has 8 heteroatoms. The van der Waals surface area contributed by atoms with Gasteiger partial charge in [-0.3, -0.25) is 9.35 Å². The first-order valence-electron chi connectivity index (χ1n) is 4.16. The molecular formula is C9H15NO6S. The van der Waals surface area contributed by atoms with E-state index < -0.39 is 10.1 Å². The number of carbonyl (C=O) groups excluding carboxylic acids is 1. The number of hydrogen-bond donors (Lipinski definition) is 2. The second-order valence-electron chi connectivity index (χ2n) is 3.12. The van der Waals surface area contributed by atoms with Gasteiger partial charge in [0.2, 0.25) is 5.91 Å². The highest BCUT2D eigenvalue weighted by Gasteiger charge is 2.15. The Labute approximate surface area is 98.8 Å². The van der Waals surface area contributed by atoms with Gasteiger partial charge in [-0.25, -0.2) is 0 Å². The quantitative estimate of drug-likeness (QED) is 0.581. The van der Waals surface area contributed by atoms with E-state index in [4.69, 9.17) is 4.55 Å². The third-order valence-electron chi connectivity index (χ3n) is 1.64. The number of hydrogen-bond acceptors (Lipinski definition) is 3. The normalized spacial score (nSPS) is 12.0. The van der Waals surface area contributed by atoms with Crippen molar-refractivity contribution in [2.45, 2.75) is 6.42 Å². The van der Waals surface area contributed by atoms with Crippen molar-refractivity contribution in [2.24, 2.45) is 0 Å². The van der Waals surface area contributed by atoms with Gasteiger partial charge in [0.1, 0.15) is 0 Å². The fourth-order valence-electron chi connectivity index (χ4n) is 1.16. The molecule has 0 bridgehead atoms. The standard InChI is InChI=1S/C8H7NO.CH4O3S.2H2O/c10-8-5-6-3-1-2-4-7(6)9-8;1-5(2,3)4;;/h1-4H,5H2,(H,9,10);1H3,(H,2,3,4);2*1H2. The Hall–Kier alpha value is -1.48. The lowest BCUT2D eigenvalue weighted by atomic mass is 10.2. The Morgan fingerprint density at radius 2 is 1.71 bits per heavy atom. The van der Waals surface area contributed by atoms with Gasteiger partial charge in [-0.05, 0) is 11.6 Å². The van der Waals surface area contributed by atoms with Gasteiger partial charge in [-0.15, -0.1) is 0 Å². The third-order valence-corrected chi connectivity index (χ3v) is 1.64. The summed E-state index contributed by atoms with van der Waals surface area (Å²) in [6.07, 6.45) is 1.25. The highest BCUT2D eigenvalue weighted by atomic mass is 32.2. The van der Waals surface area contributed by atoms with E-state index >= 15 is 0 Å². The number of carbonyl (C=O) groups is 1. The first-order valence-corrected chi connectivity index (χ1v) is 6.01. The predicted molar refractivity (Wildman–Crippen MR) is 63.5 cm³/mol. The minimum atomic E-state index is -3.67. The predicted octanol–water partition coefficient (Wildman–Crippen LogP) is -0.964. The van der Waals surface area contributed by atoms with Crippen LogP contribution in [0.1, 0.15) is 5.56 Å². The molecule has 1 aromatic rings. The summed E-state index contributed by atoms with van der Waals surface area (Å²) in [4.78, 5) is 10.8. The molecule has 0 saturated heterocycles. The Balaban J connectivity index is 0. The third kappa shape index (κ3) is 7.41. The van der Waals surface area contributed by atoms with E-state index in [1.165, 1.54) is 0 Å². The van der Waals surface area contributed by atoms with Crippen LogP contribution >= 0.6 is 0 Å². The van der Waals surface area contributed by atoms with Crippen molar-refractivity contribution < 1.29 is 28.7 Å². The van der Waals surface area contributed by atoms with Crippen molar-refractivity contribution in [3.8, 4) is 0 Å². The molecule has 0 aromatic heterocycles. The molecule has 6 N–H and O–H groups in total. The van der Waals surface area contributed by atoms with Gasteiger partial charge in [0, 0.05) is 5.69 Å². The summed E-state index contributed by atoms with van der Waals surface area (Å²) in [5, 5.41) is 2.76. The molecule has 0 unspecified atom stereocenters. The molecule has 17 heavy (non-hydrogen) atoms. The van der Waals surface area contributed by atoms with Crippen molar-refractivity contribution in [2.75, 3.05) is 11.6 Å². The first-order chi connectivity index (χ1) is 6.86. The summed E-state index contributed by atoms with van der Waals surface area (Å²) in [5.74, 6) is 0.0983. The summed E-state index contributed by atoms with van der Waals surface area (Å²) in [7, 11) is -3.67. The van der Waals surface area contributed by atoms with E-state index in [9.17, 15) is 13.2 Å². The van der Waals surface area contributed by atoms with Crippen LogP contribution in [0.5, 0.6) is 0 Å². The molecule has 2 rings (SSSR count). The van der Waals surface area contributed by atoms with Gasteiger partial charge in [0.15, 0.2) is 0 Å². The Kier molecular flexibility index (Phi) is 7.33. The van der Waals surface area contributed by atoms with E-state index in [0.29, 0.717) is 12.7 Å². The summed E-state index contributed by atoms with van der Waals surface area (Å²) in [6.45, 7) is 0. The largest absolute Gasteiger partial charge is 0.412 e. The van der Waals surface area contributed by atoms with E-state index in [0.717, 1.165) is 11.3 Å². The van der Waals surface area contributed by atoms with Crippen LogP contribution < -0.4 is 5.32 Å². The van der Waals surface area contributed by atoms with E-state index in [2.05, 4.69) is 5.32 Å². The SMILES string of the molecule is CS(=O)(=O)O.O.O.O=C1Cc2ccccc2N1. The van der Waals surface area contributed by atoms with E-state index in [1.807, 2.05) is 24.3 Å². The Bertz CT molecular complexity index is 435. The van der Waals surface area contributed by atoms with Gasteiger partial charge < -0.3 is 16.3 Å². The Morgan fingerprint density at radius 1 is 1.24 bits per heavy atom. The van der Waals surface area contributed by atoms with Crippen LogP contribution in [0.2, 0.25) is 0 Å². The highest BCUT2D eigenvalue weighted by molar-refractivity contribution is 7.85. The number of anilines is 1. The van der Waals surface area contributed by atoms with Crippen LogP contribution in [0, 0.1) is 0 Å². The lowest BCUT2D eigenvalue weighted by molar-refractivity contribution is -0.115. The molecule has 1 heterocycles. The van der Waals surface area contributed by atoms with Crippen LogP contribution in [-0.2, 0) is 21.3 Å². The molecule has 1 aromatic carbocycles. The number of amides is 1. The number of para-hydroxylation sites is 1. The number of nitrogens with one attached hydrogen (secondary N) is 1. The minimum Gasteiger partial charge on any atom is -0.412 e. The van der Waals surface area contributed by atoms with Crippen molar-refractivity contribution in [3.05, 3.63) is 29.8 Å². The van der Waals surface area contributed by atoms with Gasteiger partial charge in [0.05, 0.1) is 12.7 Å². The van der Waals surface area contributed by atoms with Crippen LogP contribution in [0.3, 0.4) is 0 Å². The lowest BCUT2D eigenvalue weighted by Crippen LogP contribution is -2.03. The average Bonchev–Trinajstić information content (AvgIpc) is 2.40. The highest BCUT2D eigenvalue weighted by Crippen LogP contribution is 2.20. The van der Waals surface area contributed by atoms with Gasteiger partial charge in [-0.2, -0.15) is 8.42 Å². The van der Waals surface area contributed by atoms with Crippen LogP contribution in [-0.4, -0.2) is 36.1 Å². The summed E-state index contributed by atoms with van der Waals surface area (Å²) in [5.41, 5.74) is 2.07. The average molecular weight is 265 g/mol. The fraction of sp³-hybridized carbons (Fsp3) is 0.222. The van der Waals surface area contributed by atoms with Gasteiger partial charge in [0.25, 0.3) is 10.1 Å². The zero-order valence-corrected chi connectivity index (χ0v) is 9.91. The van der Waals surface area contributed by atoms with Crippen LogP contribution in [0.4, 0.5) is 5.69 Å².